The highest BCUT2D eigenvalue weighted by atomic mass is 31.2. The van der Waals surface area contributed by atoms with E-state index < -0.39 is 75.7 Å². The standard InChI is InChI=1S/C51H91O13P/c1-3-5-7-9-11-13-15-17-19-20-21-22-23-24-26-28-30-32-34-36-38-40-45(53)63-43(42-62-65(59,60)64-51-49(57)47(55)46(54)48(56)50(51)58)41-61-44(52)39-37-35-33-31-29-27-25-18-16-14-12-10-8-6-4-2/h6,8,12,14,18,25,29,31,43,46-51,54-58H,3-5,7,9-11,13,15-17,19-24,26-28,30,32-42H2,1-2H3,(H,59,60)/b8-6+,14-12+,25-18+,31-29+/t43-,46?,47-,48?,49?,50?,51?/m1/s1. The van der Waals surface area contributed by atoms with Crippen molar-refractivity contribution in [1.29, 1.82) is 0 Å². The van der Waals surface area contributed by atoms with E-state index in [-0.39, 0.29) is 12.8 Å². The number of hydrogen-bond donors (Lipinski definition) is 6. The number of phosphoric acid groups is 1. The lowest BCUT2D eigenvalue weighted by atomic mass is 9.85. The summed E-state index contributed by atoms with van der Waals surface area (Å²) in [7, 11) is -5.13. The summed E-state index contributed by atoms with van der Waals surface area (Å²) in [6.45, 7) is 3.17. The molecule has 0 aromatic carbocycles. The van der Waals surface area contributed by atoms with Crippen LogP contribution in [-0.4, -0.2) is 98.3 Å². The van der Waals surface area contributed by atoms with Crippen LogP contribution in [0.15, 0.2) is 48.6 Å². The number of unbranched alkanes of at least 4 members (excludes halogenated alkanes) is 22. The molecular weight excluding hydrogens is 852 g/mol. The molecule has 65 heavy (non-hydrogen) atoms. The van der Waals surface area contributed by atoms with Gasteiger partial charge in [-0.3, -0.25) is 18.6 Å². The van der Waals surface area contributed by atoms with Gasteiger partial charge in [-0.2, -0.15) is 0 Å². The van der Waals surface area contributed by atoms with E-state index in [2.05, 4.69) is 62.5 Å². The van der Waals surface area contributed by atoms with Crippen molar-refractivity contribution >= 4 is 19.8 Å². The van der Waals surface area contributed by atoms with E-state index in [1.54, 1.807) is 0 Å². The van der Waals surface area contributed by atoms with Crippen molar-refractivity contribution in [2.45, 2.75) is 249 Å². The van der Waals surface area contributed by atoms with Gasteiger partial charge >= 0.3 is 19.8 Å². The Kier molecular flexibility index (Phi) is 38.2. The number of aliphatic hydroxyl groups excluding tert-OH is 5. The van der Waals surface area contributed by atoms with Crippen molar-refractivity contribution in [3.8, 4) is 0 Å². The summed E-state index contributed by atoms with van der Waals surface area (Å²) in [5.74, 6) is -1.14. The molecule has 0 bridgehead atoms. The number of carbonyl (C=O) groups is 2. The van der Waals surface area contributed by atoms with Crippen molar-refractivity contribution < 1.29 is 63.1 Å². The van der Waals surface area contributed by atoms with Gasteiger partial charge in [0.15, 0.2) is 6.10 Å². The zero-order valence-electron chi connectivity index (χ0n) is 40.3. The zero-order valence-corrected chi connectivity index (χ0v) is 41.2. The second-order valence-electron chi connectivity index (χ2n) is 17.7. The molecule has 378 valence electrons. The zero-order chi connectivity index (χ0) is 47.8. The van der Waals surface area contributed by atoms with Crippen LogP contribution < -0.4 is 0 Å². The van der Waals surface area contributed by atoms with Crippen LogP contribution in [0.3, 0.4) is 0 Å². The van der Waals surface area contributed by atoms with Crippen LogP contribution in [0.5, 0.6) is 0 Å². The van der Waals surface area contributed by atoms with E-state index in [9.17, 15) is 44.6 Å². The van der Waals surface area contributed by atoms with Gasteiger partial charge in [-0.05, 0) is 51.4 Å². The van der Waals surface area contributed by atoms with Crippen LogP contribution in [0.25, 0.3) is 0 Å². The normalized spacial score (nSPS) is 21.8. The van der Waals surface area contributed by atoms with Gasteiger partial charge in [-0.15, -0.1) is 0 Å². The SMILES string of the molecule is CC/C=C/C/C=C/C/C=C/C/C=C/CCCCC(=O)OC[C@H](COP(=O)(O)OC1C(O)C(O)C(O)[C@@H](O)C1O)OC(=O)CCCCCCCCCCCCCCCCCCCCCCC. The van der Waals surface area contributed by atoms with Crippen LogP contribution in [-0.2, 0) is 32.7 Å². The maximum atomic E-state index is 12.8. The Morgan fingerprint density at radius 3 is 1.34 bits per heavy atom. The van der Waals surface area contributed by atoms with E-state index in [0.717, 1.165) is 64.2 Å². The molecule has 1 rings (SSSR count). The molecule has 8 atom stereocenters. The molecule has 0 aromatic rings. The average Bonchev–Trinajstić information content (AvgIpc) is 3.29. The van der Waals surface area contributed by atoms with Gasteiger partial charge in [0.2, 0.25) is 0 Å². The van der Waals surface area contributed by atoms with E-state index in [4.69, 9.17) is 18.5 Å². The van der Waals surface area contributed by atoms with Crippen LogP contribution in [0.1, 0.15) is 206 Å². The van der Waals surface area contributed by atoms with Crippen molar-refractivity contribution in [3.63, 3.8) is 0 Å². The number of rotatable bonds is 42. The number of aliphatic hydroxyl groups is 5. The first-order valence-corrected chi connectivity index (χ1v) is 26.9. The minimum Gasteiger partial charge on any atom is -0.462 e. The molecule has 6 unspecified atom stereocenters. The number of carbonyl (C=O) groups excluding carboxylic acids is 2. The third-order valence-corrected chi connectivity index (χ3v) is 12.7. The van der Waals surface area contributed by atoms with Crippen LogP contribution in [0.4, 0.5) is 0 Å². The first-order valence-electron chi connectivity index (χ1n) is 25.4. The van der Waals surface area contributed by atoms with Gasteiger partial charge in [-0.25, -0.2) is 4.57 Å². The molecule has 0 aromatic heterocycles. The third kappa shape index (κ3) is 33.0. The van der Waals surface area contributed by atoms with E-state index >= 15 is 0 Å². The lowest BCUT2D eigenvalue weighted by Crippen LogP contribution is -2.64. The number of esters is 2. The van der Waals surface area contributed by atoms with Gasteiger partial charge in [0.1, 0.15) is 43.2 Å². The first kappa shape index (κ1) is 60.8. The number of hydrogen-bond acceptors (Lipinski definition) is 12. The summed E-state index contributed by atoms with van der Waals surface area (Å²) < 4.78 is 33.6. The summed E-state index contributed by atoms with van der Waals surface area (Å²) in [6, 6.07) is 0. The second-order valence-corrected chi connectivity index (χ2v) is 19.1. The largest absolute Gasteiger partial charge is 0.472 e. The lowest BCUT2D eigenvalue weighted by molar-refractivity contribution is -0.220. The molecule has 13 nitrogen and oxygen atoms in total. The average molecular weight is 943 g/mol. The maximum absolute atomic E-state index is 12.8. The smallest absolute Gasteiger partial charge is 0.462 e. The predicted molar refractivity (Wildman–Crippen MR) is 258 cm³/mol. The summed E-state index contributed by atoms with van der Waals surface area (Å²) in [5.41, 5.74) is 0. The van der Waals surface area contributed by atoms with Gasteiger partial charge in [-0.1, -0.05) is 191 Å². The van der Waals surface area contributed by atoms with Crippen LogP contribution in [0.2, 0.25) is 0 Å². The predicted octanol–water partition coefficient (Wildman–Crippen LogP) is 10.7. The molecule has 0 saturated heterocycles. The number of phosphoric ester groups is 1. The summed E-state index contributed by atoms with van der Waals surface area (Å²) >= 11 is 0. The third-order valence-electron chi connectivity index (χ3n) is 11.7. The Hall–Kier alpha value is -2.19. The molecule has 0 spiro atoms. The van der Waals surface area contributed by atoms with E-state index in [1.165, 1.54) is 103 Å². The Balaban J connectivity index is 2.41. The molecule has 0 radical (unpaired) electrons. The minimum absolute atomic E-state index is 0.0899. The molecule has 0 amide bonds. The maximum Gasteiger partial charge on any atom is 0.472 e. The molecule has 0 aliphatic heterocycles. The molecule has 6 N–H and O–H groups in total. The Morgan fingerprint density at radius 1 is 0.492 bits per heavy atom. The van der Waals surface area contributed by atoms with Gasteiger partial charge in [0.05, 0.1) is 6.61 Å². The second kappa shape index (κ2) is 40.8. The van der Waals surface area contributed by atoms with Gasteiger partial charge in [0.25, 0.3) is 0 Å². The van der Waals surface area contributed by atoms with Crippen LogP contribution >= 0.6 is 7.82 Å². The fourth-order valence-electron chi connectivity index (χ4n) is 7.63. The molecule has 1 saturated carbocycles. The fourth-order valence-corrected chi connectivity index (χ4v) is 8.61. The monoisotopic (exact) mass is 943 g/mol. The summed E-state index contributed by atoms with van der Waals surface area (Å²) in [6.07, 6.45) is 36.0. The highest BCUT2D eigenvalue weighted by molar-refractivity contribution is 7.47. The van der Waals surface area contributed by atoms with Crippen molar-refractivity contribution in [1.82, 2.24) is 0 Å². The molecule has 0 heterocycles. The molecule has 14 heteroatoms. The Labute approximate surface area is 392 Å². The Bertz CT molecular complexity index is 1320. The highest BCUT2D eigenvalue weighted by Crippen LogP contribution is 2.47. The fraction of sp³-hybridized carbons (Fsp3) is 0.804. The van der Waals surface area contributed by atoms with Crippen molar-refractivity contribution in [2.24, 2.45) is 0 Å². The lowest BCUT2D eigenvalue weighted by Gasteiger charge is -2.41. The van der Waals surface area contributed by atoms with Crippen LogP contribution in [0, 0.1) is 0 Å². The summed E-state index contributed by atoms with van der Waals surface area (Å²) in [5, 5.41) is 50.2. The van der Waals surface area contributed by atoms with Gasteiger partial charge in [0, 0.05) is 12.8 Å². The highest BCUT2D eigenvalue weighted by Gasteiger charge is 2.51. The molecular formula is C51H91O13P. The van der Waals surface area contributed by atoms with Crippen molar-refractivity contribution in [2.75, 3.05) is 13.2 Å². The minimum atomic E-state index is -5.13. The quantitative estimate of drug-likeness (QED) is 0.0146. The Morgan fingerprint density at radius 2 is 0.877 bits per heavy atom. The van der Waals surface area contributed by atoms with Gasteiger partial charge < -0.3 is 39.9 Å². The number of ether oxygens (including phenoxy) is 2. The van der Waals surface area contributed by atoms with Crippen molar-refractivity contribution in [3.05, 3.63) is 48.6 Å². The van der Waals surface area contributed by atoms with E-state index in [1.807, 2.05) is 0 Å². The van der Waals surface area contributed by atoms with E-state index in [0.29, 0.717) is 12.8 Å². The molecule has 1 aliphatic carbocycles. The molecule has 1 fully saturated rings. The number of allylic oxidation sites excluding steroid dienone is 8. The molecule has 1 aliphatic rings. The summed E-state index contributed by atoms with van der Waals surface area (Å²) in [4.78, 5) is 35.8. The topological polar surface area (TPSA) is 210 Å². The first-order chi connectivity index (χ1) is 31.4.